The molecular formula is C12H17Cl2N3O. The number of hydrogen-bond donors (Lipinski definition) is 2. The molecule has 0 saturated heterocycles. The third-order valence-corrected chi connectivity index (χ3v) is 3.67. The highest BCUT2D eigenvalue weighted by Crippen LogP contribution is 2.32. The summed E-state index contributed by atoms with van der Waals surface area (Å²) in [6, 6.07) is 1.59. The van der Waals surface area contributed by atoms with Crippen molar-refractivity contribution >= 4 is 29.0 Å². The first-order valence-electron chi connectivity index (χ1n) is 6.20. The quantitative estimate of drug-likeness (QED) is 0.505. The number of nitrogens with one attached hydrogen (secondary N) is 1. The van der Waals surface area contributed by atoms with E-state index in [0.717, 1.165) is 12.8 Å². The molecule has 0 amide bonds. The summed E-state index contributed by atoms with van der Waals surface area (Å²) in [5, 5.41) is 0.805. The van der Waals surface area contributed by atoms with Crippen LogP contribution in [0.2, 0.25) is 10.0 Å². The molecule has 0 radical (unpaired) electrons. The SMILES string of the molecule is NNc1nc(OC2CCCCCC2)c(Cl)cc1Cl. The number of rotatable bonds is 3. The molecule has 0 unspecified atom stereocenters. The number of aromatic nitrogens is 1. The molecule has 1 fully saturated rings. The van der Waals surface area contributed by atoms with Crippen LogP contribution in [-0.4, -0.2) is 11.1 Å². The molecule has 2 rings (SSSR count). The lowest BCUT2D eigenvalue weighted by Crippen LogP contribution is -2.17. The summed E-state index contributed by atoms with van der Waals surface area (Å²) in [7, 11) is 0. The number of ether oxygens (including phenoxy) is 1. The van der Waals surface area contributed by atoms with Gasteiger partial charge in [0, 0.05) is 0 Å². The Morgan fingerprint density at radius 1 is 1.17 bits per heavy atom. The van der Waals surface area contributed by atoms with E-state index < -0.39 is 0 Å². The molecule has 1 aromatic heterocycles. The van der Waals surface area contributed by atoms with Gasteiger partial charge in [-0.1, -0.05) is 36.0 Å². The van der Waals surface area contributed by atoms with Crippen LogP contribution in [0.15, 0.2) is 6.07 Å². The van der Waals surface area contributed by atoms with Crippen LogP contribution in [-0.2, 0) is 0 Å². The van der Waals surface area contributed by atoms with Crippen LogP contribution in [0.3, 0.4) is 0 Å². The second-order valence-electron chi connectivity index (χ2n) is 4.48. The normalized spacial score (nSPS) is 17.3. The van der Waals surface area contributed by atoms with Gasteiger partial charge < -0.3 is 10.2 Å². The molecule has 1 aromatic rings. The van der Waals surface area contributed by atoms with E-state index in [-0.39, 0.29) is 6.10 Å². The molecule has 6 heteroatoms. The second-order valence-corrected chi connectivity index (χ2v) is 5.30. The molecule has 1 aliphatic carbocycles. The number of pyridine rings is 1. The van der Waals surface area contributed by atoms with Gasteiger partial charge in [-0.2, -0.15) is 4.98 Å². The Morgan fingerprint density at radius 3 is 2.44 bits per heavy atom. The molecule has 0 bridgehead atoms. The van der Waals surface area contributed by atoms with Crippen molar-refractivity contribution in [2.24, 2.45) is 5.84 Å². The molecule has 3 N–H and O–H groups in total. The molecule has 1 aliphatic rings. The van der Waals surface area contributed by atoms with Gasteiger partial charge in [0.2, 0.25) is 5.88 Å². The van der Waals surface area contributed by atoms with Crippen molar-refractivity contribution in [2.75, 3.05) is 5.43 Å². The predicted octanol–water partition coefficient (Wildman–Crippen LogP) is 3.78. The largest absolute Gasteiger partial charge is 0.473 e. The van der Waals surface area contributed by atoms with Gasteiger partial charge in [0.25, 0.3) is 0 Å². The van der Waals surface area contributed by atoms with Crippen LogP contribution in [0.1, 0.15) is 38.5 Å². The van der Waals surface area contributed by atoms with Crippen LogP contribution in [0.5, 0.6) is 5.88 Å². The van der Waals surface area contributed by atoms with Gasteiger partial charge in [-0.05, 0) is 31.7 Å². The van der Waals surface area contributed by atoms with Crippen LogP contribution >= 0.6 is 23.2 Å². The van der Waals surface area contributed by atoms with E-state index in [1.807, 2.05) is 0 Å². The maximum Gasteiger partial charge on any atom is 0.234 e. The van der Waals surface area contributed by atoms with Crippen molar-refractivity contribution in [2.45, 2.75) is 44.6 Å². The average Bonchev–Trinajstić information content (AvgIpc) is 2.61. The first kappa shape index (κ1) is 13.7. The minimum Gasteiger partial charge on any atom is -0.473 e. The van der Waals surface area contributed by atoms with Gasteiger partial charge in [-0.15, -0.1) is 0 Å². The molecule has 100 valence electrons. The van der Waals surface area contributed by atoms with E-state index in [9.17, 15) is 0 Å². The highest BCUT2D eigenvalue weighted by atomic mass is 35.5. The maximum atomic E-state index is 6.08. The molecule has 0 atom stereocenters. The Balaban J connectivity index is 2.12. The van der Waals surface area contributed by atoms with Gasteiger partial charge in [-0.25, -0.2) is 5.84 Å². The average molecular weight is 290 g/mol. The number of anilines is 1. The fraction of sp³-hybridized carbons (Fsp3) is 0.583. The number of nitrogens with two attached hydrogens (primary N) is 1. The Bertz CT molecular complexity index is 407. The Kier molecular flexibility index (Phi) is 4.92. The summed E-state index contributed by atoms with van der Waals surface area (Å²) in [5.41, 5.74) is 2.43. The van der Waals surface area contributed by atoms with Crippen LogP contribution in [0.25, 0.3) is 0 Å². The molecular weight excluding hydrogens is 273 g/mol. The zero-order valence-corrected chi connectivity index (χ0v) is 11.6. The minimum atomic E-state index is 0.185. The van der Waals surface area contributed by atoms with Gasteiger partial charge in [-0.3, -0.25) is 0 Å². The van der Waals surface area contributed by atoms with E-state index in [1.54, 1.807) is 6.07 Å². The Morgan fingerprint density at radius 2 is 1.83 bits per heavy atom. The molecule has 0 spiro atoms. The number of halogens is 2. The first-order valence-corrected chi connectivity index (χ1v) is 6.95. The highest BCUT2D eigenvalue weighted by molar-refractivity contribution is 6.36. The fourth-order valence-electron chi connectivity index (χ4n) is 2.15. The molecule has 1 heterocycles. The van der Waals surface area contributed by atoms with Gasteiger partial charge in [0.15, 0.2) is 5.82 Å². The molecule has 18 heavy (non-hydrogen) atoms. The van der Waals surface area contributed by atoms with E-state index >= 15 is 0 Å². The second kappa shape index (κ2) is 6.45. The lowest BCUT2D eigenvalue weighted by atomic mass is 10.1. The van der Waals surface area contributed by atoms with Crippen molar-refractivity contribution in [1.29, 1.82) is 0 Å². The van der Waals surface area contributed by atoms with Crippen molar-refractivity contribution in [1.82, 2.24) is 4.98 Å². The third kappa shape index (κ3) is 3.40. The van der Waals surface area contributed by atoms with Gasteiger partial charge in [0.1, 0.15) is 11.1 Å². The number of nitrogens with zero attached hydrogens (tertiary/aromatic N) is 1. The van der Waals surface area contributed by atoms with E-state index in [1.165, 1.54) is 25.7 Å². The summed E-state index contributed by atoms with van der Waals surface area (Å²) in [4.78, 5) is 4.19. The van der Waals surface area contributed by atoms with Crippen molar-refractivity contribution in [3.8, 4) is 5.88 Å². The van der Waals surface area contributed by atoms with Crippen LogP contribution in [0, 0.1) is 0 Å². The van der Waals surface area contributed by atoms with E-state index in [2.05, 4.69) is 10.4 Å². The summed E-state index contributed by atoms with van der Waals surface area (Å²) >= 11 is 12.0. The predicted molar refractivity (Wildman–Crippen MR) is 74.2 cm³/mol. The number of hydrazine groups is 1. The van der Waals surface area contributed by atoms with Crippen molar-refractivity contribution in [3.63, 3.8) is 0 Å². The van der Waals surface area contributed by atoms with Crippen molar-refractivity contribution in [3.05, 3.63) is 16.1 Å². The smallest absolute Gasteiger partial charge is 0.234 e. The Labute approximate surface area is 117 Å². The fourth-order valence-corrected chi connectivity index (χ4v) is 2.61. The standard InChI is InChI=1S/C12H17Cl2N3O/c13-9-7-10(14)12(16-11(9)17-15)18-8-5-3-1-2-4-6-8/h7-8H,1-6,15H2,(H,16,17). The van der Waals surface area contributed by atoms with Gasteiger partial charge in [0.05, 0.1) is 5.02 Å². The topological polar surface area (TPSA) is 60.2 Å². The first-order chi connectivity index (χ1) is 8.70. The van der Waals surface area contributed by atoms with Gasteiger partial charge >= 0.3 is 0 Å². The lowest BCUT2D eigenvalue weighted by molar-refractivity contribution is 0.176. The molecule has 0 aliphatic heterocycles. The third-order valence-electron chi connectivity index (χ3n) is 3.11. The van der Waals surface area contributed by atoms with Crippen LogP contribution in [0.4, 0.5) is 5.82 Å². The molecule has 4 nitrogen and oxygen atoms in total. The minimum absolute atomic E-state index is 0.185. The van der Waals surface area contributed by atoms with E-state index in [0.29, 0.717) is 21.7 Å². The lowest BCUT2D eigenvalue weighted by Gasteiger charge is -2.17. The highest BCUT2D eigenvalue weighted by Gasteiger charge is 2.17. The van der Waals surface area contributed by atoms with Crippen LogP contribution < -0.4 is 16.0 Å². The summed E-state index contributed by atoms with van der Waals surface area (Å²) in [6.45, 7) is 0. The summed E-state index contributed by atoms with van der Waals surface area (Å²) < 4.78 is 5.87. The monoisotopic (exact) mass is 289 g/mol. The molecule has 1 saturated carbocycles. The zero-order valence-electron chi connectivity index (χ0n) is 10.1. The van der Waals surface area contributed by atoms with E-state index in [4.69, 9.17) is 33.8 Å². The zero-order chi connectivity index (χ0) is 13.0. The number of hydrogen-bond acceptors (Lipinski definition) is 4. The van der Waals surface area contributed by atoms with Crippen molar-refractivity contribution < 1.29 is 4.74 Å². The molecule has 0 aromatic carbocycles. The maximum absolute atomic E-state index is 6.08. The number of nitrogen functional groups attached to an aromatic ring is 1. The summed E-state index contributed by atoms with van der Waals surface area (Å²) in [6.07, 6.45) is 7.21. The Hall–Kier alpha value is -0.710. The summed E-state index contributed by atoms with van der Waals surface area (Å²) in [5.74, 6) is 6.12.